The van der Waals surface area contributed by atoms with Crippen LogP contribution in [-0.4, -0.2) is 39.9 Å². The predicted molar refractivity (Wildman–Crippen MR) is 322 cm³/mol. The third-order valence-electron chi connectivity index (χ3n) is 15.4. The van der Waals surface area contributed by atoms with E-state index in [1.165, 1.54) is 22.3 Å². The van der Waals surface area contributed by atoms with Crippen molar-refractivity contribution in [3.8, 4) is 33.4 Å². The first kappa shape index (κ1) is 48.6. The van der Waals surface area contributed by atoms with Crippen LogP contribution in [0.4, 0.5) is 0 Å². The number of hydrogen-bond donors (Lipinski definition) is 4. The zero-order chi connectivity index (χ0) is 51.5. The van der Waals surface area contributed by atoms with Crippen LogP contribution in [-0.2, 0) is 25.7 Å². The van der Waals surface area contributed by atoms with Crippen molar-refractivity contribution in [3.05, 3.63) is 177 Å². The Hall–Kier alpha value is -8.36. The normalized spacial score (nSPS) is 12.6. The van der Waals surface area contributed by atoms with E-state index in [-0.39, 0.29) is 0 Å². The number of hydrogen-bond acceptors (Lipinski definition) is 4. The molecule has 4 aliphatic rings. The van der Waals surface area contributed by atoms with E-state index in [1.807, 2.05) is 0 Å². The van der Waals surface area contributed by atoms with Crippen LogP contribution in [0.15, 0.2) is 109 Å². The molecule has 0 saturated carbocycles. The van der Waals surface area contributed by atoms with Crippen molar-refractivity contribution in [2.75, 3.05) is 0 Å². The molecule has 4 N–H and O–H groups in total. The number of H-pyrrole nitrogens is 4. The smallest absolute Gasteiger partial charge is 0.0738 e. The maximum absolute atomic E-state index is 5.72. The van der Waals surface area contributed by atoms with Crippen LogP contribution in [0, 0.1) is 0 Å². The Labute approximate surface area is 445 Å². The molecule has 8 heteroatoms. The van der Waals surface area contributed by atoms with Gasteiger partial charge in [-0.15, -0.1) is 0 Å². The Kier molecular flexibility index (Phi) is 13.7. The molecule has 6 aromatic heterocycles. The molecule has 0 fully saturated rings. The van der Waals surface area contributed by atoms with Gasteiger partial charge in [0, 0.05) is 88.6 Å². The summed E-state index contributed by atoms with van der Waals surface area (Å²) >= 11 is 0. The molecule has 0 aliphatic carbocycles. The van der Waals surface area contributed by atoms with Gasteiger partial charge < -0.3 is 19.9 Å². The van der Waals surface area contributed by atoms with Crippen molar-refractivity contribution >= 4 is 92.7 Å². The lowest BCUT2D eigenvalue weighted by Gasteiger charge is -2.08. The zero-order valence-corrected chi connectivity index (χ0v) is 44.3. The van der Waals surface area contributed by atoms with Crippen LogP contribution in [0.3, 0.4) is 0 Å². The fraction of sp³-hybridized carbons (Fsp3) is 0.235. The molecule has 0 amide bonds. The number of nitrogens with zero attached hydrogens (tertiary/aromatic N) is 4. The quantitative estimate of drug-likeness (QED) is 0.0819. The summed E-state index contributed by atoms with van der Waals surface area (Å²) in [7, 11) is 0. The Morgan fingerprint density at radius 3 is 0.776 bits per heavy atom. The van der Waals surface area contributed by atoms with E-state index in [1.54, 1.807) is 0 Å². The van der Waals surface area contributed by atoms with E-state index >= 15 is 0 Å². The van der Waals surface area contributed by atoms with Gasteiger partial charge in [0.25, 0.3) is 0 Å². The summed E-state index contributed by atoms with van der Waals surface area (Å²) in [5.41, 5.74) is 27.0. The topological polar surface area (TPSA) is 115 Å². The molecule has 378 valence electrons. The first-order valence-corrected chi connectivity index (χ1v) is 27.9. The summed E-state index contributed by atoms with van der Waals surface area (Å²) < 4.78 is 0. The van der Waals surface area contributed by atoms with Crippen molar-refractivity contribution in [1.29, 1.82) is 0 Å². The maximum Gasteiger partial charge on any atom is 0.0738 e. The van der Waals surface area contributed by atoms with Gasteiger partial charge in [-0.05, 0) is 160 Å². The number of rotatable bonds is 15. The van der Waals surface area contributed by atoms with Crippen LogP contribution < -0.4 is 0 Å². The van der Waals surface area contributed by atoms with E-state index in [0.29, 0.717) is 0 Å². The van der Waals surface area contributed by atoms with E-state index in [2.05, 4.69) is 205 Å². The molecule has 76 heavy (non-hydrogen) atoms. The van der Waals surface area contributed by atoms with Gasteiger partial charge in [0.2, 0.25) is 0 Å². The molecule has 0 radical (unpaired) electrons. The molecule has 8 aromatic rings. The lowest BCUT2D eigenvalue weighted by Crippen LogP contribution is -1.95. The Morgan fingerprint density at radius 2 is 0.500 bits per heavy atom. The highest BCUT2D eigenvalue weighted by atomic mass is 14.8. The van der Waals surface area contributed by atoms with Crippen LogP contribution in [0.1, 0.15) is 147 Å². The van der Waals surface area contributed by atoms with E-state index in [0.717, 1.165) is 200 Å². The van der Waals surface area contributed by atoms with Crippen LogP contribution in [0.25, 0.3) is 126 Å². The fourth-order valence-electron chi connectivity index (χ4n) is 11.5. The van der Waals surface area contributed by atoms with Gasteiger partial charge >= 0.3 is 0 Å². The largest absolute Gasteiger partial charge is 0.355 e. The minimum atomic E-state index is 0.879. The number of fused-ring (bicyclic) bond motifs is 16. The van der Waals surface area contributed by atoms with Gasteiger partial charge in [0.05, 0.1) is 45.6 Å². The number of aromatic nitrogens is 8. The molecule has 12 rings (SSSR count). The van der Waals surface area contributed by atoms with Gasteiger partial charge in [0.15, 0.2) is 0 Å². The van der Waals surface area contributed by atoms with Crippen molar-refractivity contribution in [2.24, 2.45) is 0 Å². The van der Waals surface area contributed by atoms with Gasteiger partial charge in [-0.25, -0.2) is 19.9 Å². The van der Waals surface area contributed by atoms with Gasteiger partial charge in [-0.1, -0.05) is 114 Å². The zero-order valence-electron chi connectivity index (χ0n) is 44.3. The van der Waals surface area contributed by atoms with Crippen LogP contribution >= 0.6 is 0 Å². The molecule has 0 spiro atoms. The number of benzene rings is 2. The molecular weight excluding hydrogens is 929 g/mol. The average molecular weight is 995 g/mol. The molecule has 2 aromatic carbocycles. The Balaban J connectivity index is 1.23. The van der Waals surface area contributed by atoms with Crippen LogP contribution in [0.5, 0.6) is 0 Å². The van der Waals surface area contributed by atoms with Crippen molar-refractivity contribution in [2.45, 2.75) is 105 Å². The lowest BCUT2D eigenvalue weighted by atomic mass is 10.0. The molecule has 0 atom stereocenters. The number of aryl methyl sites for hydroxylation is 4. The van der Waals surface area contributed by atoms with E-state index in [9.17, 15) is 0 Å². The second-order valence-electron chi connectivity index (χ2n) is 20.6. The standard InChI is InChI=1S/C68H66N8/c1-5-9-23-45-49-27-35-57(69-49)65(43-19-15-13-16-20-43)58-36-28-50(70-58)46(24-10-6-2)54-32-40-62(74-54)67(61-39-31-53(45)73-61)68-63-41-33-55(75-63)47(25-11-7-3)51-29-37-59(71-51)66(44-21-17-14-18-22-44)60-38-30-52(72-60)48(26-12-8-4)56-34-42-64(68)76-56/h13-22,27-42,69,71,74,76H,5-12,23-26H2,1-4H3. The maximum atomic E-state index is 5.72. The third kappa shape index (κ3) is 9.31. The molecule has 10 heterocycles. The van der Waals surface area contributed by atoms with E-state index in [4.69, 9.17) is 19.9 Å². The molecule has 4 aliphatic heterocycles. The minimum Gasteiger partial charge on any atom is -0.355 e. The predicted octanol–water partition coefficient (Wildman–Crippen LogP) is 18.0. The van der Waals surface area contributed by atoms with Gasteiger partial charge in [-0.2, -0.15) is 0 Å². The highest BCUT2D eigenvalue weighted by molar-refractivity contribution is 6.02. The summed E-state index contributed by atoms with van der Waals surface area (Å²) in [4.78, 5) is 38.4. The van der Waals surface area contributed by atoms with Gasteiger partial charge in [-0.3, -0.25) is 0 Å². The minimum absolute atomic E-state index is 0.879. The highest BCUT2D eigenvalue weighted by Crippen LogP contribution is 2.40. The Morgan fingerprint density at radius 1 is 0.263 bits per heavy atom. The number of aromatic amines is 4. The van der Waals surface area contributed by atoms with Crippen molar-refractivity contribution in [1.82, 2.24) is 39.9 Å². The lowest BCUT2D eigenvalue weighted by molar-refractivity contribution is 0.794. The first-order chi connectivity index (χ1) is 37.5. The molecule has 16 bridgehead atoms. The Bertz CT molecular complexity index is 3710. The summed E-state index contributed by atoms with van der Waals surface area (Å²) in [6.45, 7) is 9.05. The number of unbranched alkanes of at least 4 members (excludes halogenated alkanes) is 4. The summed E-state index contributed by atoms with van der Waals surface area (Å²) in [6.07, 6.45) is 29.6. The third-order valence-corrected chi connectivity index (χ3v) is 15.4. The number of nitrogens with one attached hydrogen (secondary N) is 4. The van der Waals surface area contributed by atoms with Gasteiger partial charge in [0.1, 0.15) is 0 Å². The molecule has 8 nitrogen and oxygen atoms in total. The summed E-state index contributed by atoms with van der Waals surface area (Å²) in [6, 6.07) is 39.3. The van der Waals surface area contributed by atoms with E-state index < -0.39 is 0 Å². The SMILES string of the molecule is CCCCc1c2nc(c(-c3c4nc(c(CCCC)c5ccc([nH]5)c(-c5ccccc5)c5nc(c(CCCC)c6ccc3[nH]6)C=C5)C=C4)c3ccc([nH]3)c(CCCC)c3nc(c(-c4ccccc4)c4ccc1[nH]4)C=C3)C=C2. The first-order valence-electron chi connectivity index (χ1n) is 27.9. The second kappa shape index (κ2) is 21.5. The second-order valence-corrected chi connectivity index (χ2v) is 20.6. The van der Waals surface area contributed by atoms with Crippen molar-refractivity contribution in [3.63, 3.8) is 0 Å². The monoisotopic (exact) mass is 995 g/mol. The molecule has 0 unspecified atom stereocenters. The molecule has 0 saturated heterocycles. The summed E-state index contributed by atoms with van der Waals surface area (Å²) in [5, 5.41) is 0. The average Bonchev–Trinajstić information content (AvgIpc) is 4.32. The summed E-state index contributed by atoms with van der Waals surface area (Å²) in [5.74, 6) is 0. The molecular formula is C68H66N8. The highest BCUT2D eigenvalue weighted by Gasteiger charge is 2.23. The van der Waals surface area contributed by atoms with Crippen LogP contribution in [0.2, 0.25) is 0 Å². The fourth-order valence-corrected chi connectivity index (χ4v) is 11.5. The van der Waals surface area contributed by atoms with Crippen molar-refractivity contribution < 1.29 is 0 Å².